The number of rotatable bonds is 4. The number of nitrogens with zero attached hydrogens (tertiary/aromatic N) is 1. The molecule has 4 N–H and O–H groups in total. The zero-order chi connectivity index (χ0) is 14.0. The standard InChI is InChI=1S/C11H16F3N3O/c1-3-10(2,6-18)17-8-4-9(11(12,13)14)16-5-7(8)15/h4-5,18H,3,6,15H2,1-2H3,(H,16,17). The van der Waals surface area contributed by atoms with Crippen molar-refractivity contribution in [3.05, 3.63) is 18.0 Å². The molecular formula is C11H16F3N3O. The van der Waals surface area contributed by atoms with E-state index in [1.807, 2.05) is 6.92 Å². The summed E-state index contributed by atoms with van der Waals surface area (Å²) in [6.07, 6.45) is -3.03. The molecule has 1 atom stereocenters. The summed E-state index contributed by atoms with van der Waals surface area (Å²) < 4.78 is 37.5. The van der Waals surface area contributed by atoms with Crippen molar-refractivity contribution in [2.75, 3.05) is 17.7 Å². The molecule has 0 amide bonds. The first kappa shape index (κ1) is 14.6. The summed E-state index contributed by atoms with van der Waals surface area (Å²) in [4.78, 5) is 3.24. The molecule has 4 nitrogen and oxygen atoms in total. The van der Waals surface area contributed by atoms with Crippen molar-refractivity contribution in [3.8, 4) is 0 Å². The number of aliphatic hydroxyl groups excluding tert-OH is 1. The highest BCUT2D eigenvalue weighted by Gasteiger charge is 2.33. The lowest BCUT2D eigenvalue weighted by Crippen LogP contribution is -2.38. The molecular weight excluding hydrogens is 247 g/mol. The molecule has 102 valence electrons. The van der Waals surface area contributed by atoms with E-state index in [0.29, 0.717) is 6.42 Å². The Kier molecular flexibility index (Phi) is 4.05. The van der Waals surface area contributed by atoms with Crippen LogP contribution in [0.25, 0.3) is 0 Å². The highest BCUT2D eigenvalue weighted by atomic mass is 19.4. The van der Waals surface area contributed by atoms with Crippen molar-refractivity contribution in [2.24, 2.45) is 0 Å². The molecule has 0 bridgehead atoms. The summed E-state index contributed by atoms with van der Waals surface area (Å²) in [7, 11) is 0. The van der Waals surface area contributed by atoms with Gasteiger partial charge in [-0.05, 0) is 19.4 Å². The summed E-state index contributed by atoms with van der Waals surface area (Å²) in [6.45, 7) is 3.29. The molecule has 0 aromatic carbocycles. The van der Waals surface area contributed by atoms with Crippen LogP contribution in [0, 0.1) is 0 Å². The van der Waals surface area contributed by atoms with Gasteiger partial charge in [0.25, 0.3) is 0 Å². The van der Waals surface area contributed by atoms with Gasteiger partial charge in [-0.3, -0.25) is 0 Å². The highest BCUT2D eigenvalue weighted by molar-refractivity contribution is 5.66. The summed E-state index contributed by atoms with van der Waals surface area (Å²) >= 11 is 0. The molecule has 0 spiro atoms. The Balaban J connectivity index is 3.09. The molecule has 0 fully saturated rings. The molecule has 0 aliphatic heterocycles. The van der Waals surface area contributed by atoms with E-state index in [0.717, 1.165) is 12.3 Å². The number of pyridine rings is 1. The quantitative estimate of drug-likeness (QED) is 0.779. The van der Waals surface area contributed by atoms with Gasteiger partial charge in [0.05, 0.1) is 29.7 Å². The van der Waals surface area contributed by atoms with Gasteiger partial charge in [-0.15, -0.1) is 0 Å². The van der Waals surface area contributed by atoms with E-state index < -0.39 is 17.4 Å². The molecule has 0 radical (unpaired) electrons. The van der Waals surface area contributed by atoms with Crippen LogP contribution in [-0.4, -0.2) is 22.2 Å². The molecule has 1 rings (SSSR count). The lowest BCUT2D eigenvalue weighted by molar-refractivity contribution is -0.141. The first-order chi connectivity index (χ1) is 8.22. The van der Waals surface area contributed by atoms with Gasteiger partial charge in [-0.25, -0.2) is 4.98 Å². The number of halogens is 3. The fourth-order valence-corrected chi connectivity index (χ4v) is 1.29. The van der Waals surface area contributed by atoms with Crippen LogP contribution in [0.1, 0.15) is 26.0 Å². The molecule has 0 saturated carbocycles. The Morgan fingerprint density at radius 1 is 1.44 bits per heavy atom. The molecule has 0 aliphatic rings. The van der Waals surface area contributed by atoms with Crippen LogP contribution in [0.5, 0.6) is 0 Å². The van der Waals surface area contributed by atoms with Crippen LogP contribution in [0.15, 0.2) is 12.3 Å². The average Bonchev–Trinajstić information content (AvgIpc) is 2.30. The SMILES string of the molecule is CCC(C)(CO)Nc1cc(C(F)(F)F)ncc1N. The average molecular weight is 263 g/mol. The predicted molar refractivity (Wildman–Crippen MR) is 63.1 cm³/mol. The summed E-state index contributed by atoms with van der Waals surface area (Å²) in [5, 5.41) is 12.0. The largest absolute Gasteiger partial charge is 0.433 e. The van der Waals surface area contributed by atoms with Crippen LogP contribution in [-0.2, 0) is 6.18 Å². The third-order valence-electron chi connectivity index (χ3n) is 2.79. The third-order valence-corrected chi connectivity index (χ3v) is 2.79. The maximum absolute atomic E-state index is 12.5. The summed E-state index contributed by atoms with van der Waals surface area (Å²) in [6, 6.07) is 0.846. The van der Waals surface area contributed by atoms with Crippen molar-refractivity contribution in [3.63, 3.8) is 0 Å². The number of aromatic nitrogens is 1. The Morgan fingerprint density at radius 3 is 2.50 bits per heavy atom. The number of hydrogen-bond acceptors (Lipinski definition) is 4. The smallest absolute Gasteiger partial charge is 0.396 e. The van der Waals surface area contributed by atoms with Crippen LogP contribution >= 0.6 is 0 Å². The van der Waals surface area contributed by atoms with Crippen molar-refractivity contribution < 1.29 is 18.3 Å². The van der Waals surface area contributed by atoms with Crippen LogP contribution in [0.2, 0.25) is 0 Å². The van der Waals surface area contributed by atoms with Crippen molar-refractivity contribution in [1.29, 1.82) is 0 Å². The summed E-state index contributed by atoms with van der Waals surface area (Å²) in [5.74, 6) is 0. The number of hydrogen-bond donors (Lipinski definition) is 3. The molecule has 0 aliphatic carbocycles. The van der Waals surface area contributed by atoms with Gasteiger partial charge in [0.15, 0.2) is 0 Å². The maximum atomic E-state index is 12.5. The number of aliphatic hydroxyl groups is 1. The van der Waals surface area contributed by atoms with Gasteiger partial charge in [0, 0.05) is 0 Å². The maximum Gasteiger partial charge on any atom is 0.433 e. The Hall–Kier alpha value is -1.50. The first-order valence-corrected chi connectivity index (χ1v) is 5.43. The molecule has 18 heavy (non-hydrogen) atoms. The fraction of sp³-hybridized carbons (Fsp3) is 0.545. The second-order valence-corrected chi connectivity index (χ2v) is 4.35. The number of nitrogens with one attached hydrogen (secondary N) is 1. The molecule has 1 heterocycles. The van der Waals surface area contributed by atoms with Gasteiger partial charge >= 0.3 is 6.18 Å². The monoisotopic (exact) mass is 263 g/mol. The Morgan fingerprint density at radius 2 is 2.06 bits per heavy atom. The summed E-state index contributed by atoms with van der Waals surface area (Å²) in [5.41, 5.74) is 4.06. The van der Waals surface area contributed by atoms with E-state index in [-0.39, 0.29) is 18.0 Å². The van der Waals surface area contributed by atoms with Crippen LogP contribution in [0.4, 0.5) is 24.5 Å². The number of anilines is 2. The molecule has 7 heteroatoms. The van der Waals surface area contributed by atoms with Crippen LogP contribution in [0.3, 0.4) is 0 Å². The Bertz CT molecular complexity index is 416. The minimum Gasteiger partial charge on any atom is -0.396 e. The van der Waals surface area contributed by atoms with E-state index >= 15 is 0 Å². The third kappa shape index (κ3) is 3.25. The van der Waals surface area contributed by atoms with E-state index in [2.05, 4.69) is 10.3 Å². The van der Waals surface area contributed by atoms with Crippen molar-refractivity contribution >= 4 is 11.4 Å². The lowest BCUT2D eigenvalue weighted by atomic mass is 9.99. The second kappa shape index (κ2) is 5.01. The van der Waals surface area contributed by atoms with Crippen molar-refractivity contribution in [2.45, 2.75) is 32.0 Å². The molecule has 1 aromatic heterocycles. The van der Waals surface area contributed by atoms with Gasteiger partial charge in [-0.2, -0.15) is 13.2 Å². The number of alkyl halides is 3. The lowest BCUT2D eigenvalue weighted by Gasteiger charge is -2.29. The molecule has 1 unspecified atom stereocenters. The number of nitrogen functional groups attached to an aromatic ring is 1. The van der Waals surface area contributed by atoms with E-state index in [1.165, 1.54) is 0 Å². The second-order valence-electron chi connectivity index (χ2n) is 4.35. The normalized spacial score (nSPS) is 15.2. The predicted octanol–water partition coefficient (Wildman–Crippen LogP) is 2.26. The van der Waals surface area contributed by atoms with Crippen molar-refractivity contribution in [1.82, 2.24) is 4.98 Å². The fourth-order valence-electron chi connectivity index (χ4n) is 1.29. The van der Waals surface area contributed by atoms with E-state index in [1.54, 1.807) is 6.92 Å². The van der Waals surface area contributed by atoms with E-state index in [4.69, 9.17) is 5.73 Å². The van der Waals surface area contributed by atoms with Crippen LogP contribution < -0.4 is 11.1 Å². The van der Waals surface area contributed by atoms with Gasteiger partial charge in [0.1, 0.15) is 5.69 Å². The first-order valence-electron chi connectivity index (χ1n) is 5.43. The number of nitrogens with two attached hydrogens (primary N) is 1. The Labute approximate surface area is 103 Å². The van der Waals surface area contributed by atoms with Gasteiger partial charge in [0.2, 0.25) is 0 Å². The minimum atomic E-state index is -4.52. The zero-order valence-electron chi connectivity index (χ0n) is 10.2. The molecule has 1 aromatic rings. The van der Waals surface area contributed by atoms with E-state index in [9.17, 15) is 18.3 Å². The minimum absolute atomic E-state index is 0.108. The zero-order valence-corrected chi connectivity index (χ0v) is 10.2. The topological polar surface area (TPSA) is 71.2 Å². The van der Waals surface area contributed by atoms with Gasteiger partial charge < -0.3 is 16.2 Å². The van der Waals surface area contributed by atoms with Gasteiger partial charge in [-0.1, -0.05) is 6.92 Å². The highest BCUT2D eigenvalue weighted by Crippen LogP contribution is 2.32. The molecule has 0 saturated heterocycles.